The van der Waals surface area contributed by atoms with Crippen molar-refractivity contribution in [3.8, 4) is 11.8 Å². The molecule has 2 aromatic rings. The number of aliphatic hydroxyl groups excluding tert-OH is 1. The van der Waals surface area contributed by atoms with E-state index in [0.29, 0.717) is 4.34 Å². The number of sulfonamides is 1. The lowest BCUT2D eigenvalue weighted by Gasteiger charge is -2.08. The molecule has 0 saturated heterocycles. The monoisotopic (exact) mass is 345 g/mol. The van der Waals surface area contributed by atoms with E-state index in [1.54, 1.807) is 0 Å². The molecule has 0 bridgehead atoms. The Morgan fingerprint density at radius 2 is 2.10 bits per heavy atom. The zero-order valence-corrected chi connectivity index (χ0v) is 12.8. The van der Waals surface area contributed by atoms with Gasteiger partial charge in [-0.25, -0.2) is 12.8 Å². The van der Waals surface area contributed by atoms with Crippen LogP contribution < -0.4 is 4.72 Å². The average molecular weight is 346 g/mol. The van der Waals surface area contributed by atoms with E-state index < -0.39 is 22.4 Å². The second-order valence-electron chi connectivity index (χ2n) is 3.81. The number of hydrogen-bond acceptors (Lipinski definition) is 4. The normalized spacial score (nSPS) is 10.8. The van der Waals surface area contributed by atoms with Crippen LogP contribution in [0.4, 0.5) is 10.1 Å². The molecule has 0 radical (unpaired) electrons. The first kappa shape index (κ1) is 15.8. The molecule has 0 aliphatic carbocycles. The Kier molecular flexibility index (Phi) is 4.85. The summed E-state index contributed by atoms with van der Waals surface area (Å²) >= 11 is 6.62. The van der Waals surface area contributed by atoms with Crippen molar-refractivity contribution in [1.29, 1.82) is 0 Å². The number of rotatable bonds is 3. The maximum Gasteiger partial charge on any atom is 0.271 e. The standard InChI is InChI=1S/C13H9ClFNO3S2/c14-12-5-6-13(20-12)21(18,19)16-11-4-3-10(15)8-9(11)2-1-7-17/h3-6,8,16-17H,7H2. The number of nitrogens with one attached hydrogen (secondary N) is 1. The van der Waals surface area contributed by atoms with Gasteiger partial charge in [0.2, 0.25) is 0 Å². The summed E-state index contributed by atoms with van der Waals surface area (Å²) in [4.78, 5) is 0. The number of benzene rings is 1. The zero-order valence-electron chi connectivity index (χ0n) is 10.4. The molecule has 0 amide bonds. The first-order chi connectivity index (χ1) is 9.92. The SMILES string of the molecule is O=S(=O)(Nc1ccc(F)cc1C#CCO)c1ccc(Cl)s1. The minimum Gasteiger partial charge on any atom is -0.384 e. The number of hydrogen-bond donors (Lipinski definition) is 2. The number of anilines is 1. The Balaban J connectivity index is 2.39. The Morgan fingerprint density at radius 3 is 2.71 bits per heavy atom. The molecule has 0 saturated carbocycles. The molecule has 1 heterocycles. The molecular weight excluding hydrogens is 337 g/mol. The molecule has 2 rings (SSSR count). The largest absolute Gasteiger partial charge is 0.384 e. The van der Waals surface area contributed by atoms with Crippen LogP contribution in [0.1, 0.15) is 5.56 Å². The smallest absolute Gasteiger partial charge is 0.271 e. The van der Waals surface area contributed by atoms with Crippen LogP contribution >= 0.6 is 22.9 Å². The van der Waals surface area contributed by atoms with E-state index in [1.165, 1.54) is 18.2 Å². The van der Waals surface area contributed by atoms with E-state index >= 15 is 0 Å². The van der Waals surface area contributed by atoms with Crippen LogP contribution in [0.5, 0.6) is 0 Å². The summed E-state index contributed by atoms with van der Waals surface area (Å²) < 4.78 is 40.3. The third-order valence-corrected chi connectivity index (χ3v) is 5.43. The summed E-state index contributed by atoms with van der Waals surface area (Å²) in [7, 11) is -3.82. The molecule has 0 aliphatic heterocycles. The van der Waals surface area contributed by atoms with Gasteiger partial charge in [-0.05, 0) is 30.3 Å². The molecular formula is C13H9ClFNO3S2. The van der Waals surface area contributed by atoms with E-state index in [0.717, 1.165) is 23.5 Å². The van der Waals surface area contributed by atoms with Gasteiger partial charge in [0.05, 0.1) is 15.6 Å². The molecule has 1 aromatic carbocycles. The van der Waals surface area contributed by atoms with Crippen molar-refractivity contribution in [2.24, 2.45) is 0 Å². The summed E-state index contributed by atoms with van der Waals surface area (Å²) in [6, 6.07) is 6.31. The summed E-state index contributed by atoms with van der Waals surface area (Å²) in [6.45, 7) is -0.413. The van der Waals surface area contributed by atoms with Gasteiger partial charge in [0, 0.05) is 0 Å². The Labute approximate surface area is 130 Å². The summed E-state index contributed by atoms with van der Waals surface area (Å²) in [6.07, 6.45) is 0. The van der Waals surface area contributed by atoms with Crippen molar-refractivity contribution in [2.75, 3.05) is 11.3 Å². The van der Waals surface area contributed by atoms with Crippen LogP contribution in [0.2, 0.25) is 4.34 Å². The third kappa shape index (κ3) is 3.95. The molecule has 1 aromatic heterocycles. The number of halogens is 2. The van der Waals surface area contributed by atoms with Crippen molar-refractivity contribution in [1.82, 2.24) is 0 Å². The van der Waals surface area contributed by atoms with E-state index in [2.05, 4.69) is 16.6 Å². The van der Waals surface area contributed by atoms with Crippen molar-refractivity contribution in [3.63, 3.8) is 0 Å². The number of thiophene rings is 1. The van der Waals surface area contributed by atoms with E-state index in [-0.39, 0.29) is 15.5 Å². The van der Waals surface area contributed by atoms with Crippen LogP contribution in [-0.2, 0) is 10.0 Å². The highest BCUT2D eigenvalue weighted by Gasteiger charge is 2.18. The zero-order chi connectivity index (χ0) is 15.5. The van der Waals surface area contributed by atoms with Crippen LogP contribution in [0.15, 0.2) is 34.5 Å². The van der Waals surface area contributed by atoms with Crippen LogP contribution in [0.3, 0.4) is 0 Å². The lowest BCUT2D eigenvalue weighted by molar-refractivity contribution is 0.350. The van der Waals surface area contributed by atoms with Crippen molar-refractivity contribution in [2.45, 2.75) is 4.21 Å². The molecule has 0 fully saturated rings. The maximum atomic E-state index is 13.2. The topological polar surface area (TPSA) is 66.4 Å². The molecule has 21 heavy (non-hydrogen) atoms. The van der Waals surface area contributed by atoms with Crippen molar-refractivity contribution in [3.05, 3.63) is 46.0 Å². The highest BCUT2D eigenvalue weighted by atomic mass is 35.5. The highest BCUT2D eigenvalue weighted by Crippen LogP contribution is 2.28. The van der Waals surface area contributed by atoms with Crippen LogP contribution in [0, 0.1) is 17.7 Å². The fourth-order valence-electron chi connectivity index (χ4n) is 1.48. The van der Waals surface area contributed by atoms with Crippen molar-refractivity contribution < 1.29 is 17.9 Å². The van der Waals surface area contributed by atoms with Gasteiger partial charge in [0.15, 0.2) is 0 Å². The molecule has 110 valence electrons. The van der Waals surface area contributed by atoms with Gasteiger partial charge < -0.3 is 5.11 Å². The highest BCUT2D eigenvalue weighted by molar-refractivity contribution is 7.94. The fraction of sp³-hybridized carbons (Fsp3) is 0.0769. The van der Waals surface area contributed by atoms with Crippen molar-refractivity contribution >= 4 is 38.6 Å². The first-order valence-corrected chi connectivity index (χ1v) is 8.27. The first-order valence-electron chi connectivity index (χ1n) is 5.60. The molecule has 8 heteroatoms. The number of aliphatic hydroxyl groups is 1. The lowest BCUT2D eigenvalue weighted by Crippen LogP contribution is -2.12. The lowest BCUT2D eigenvalue weighted by atomic mass is 10.2. The van der Waals surface area contributed by atoms with E-state index in [9.17, 15) is 12.8 Å². The Hall–Kier alpha value is -1.59. The second-order valence-corrected chi connectivity index (χ2v) is 7.44. The van der Waals surface area contributed by atoms with Gasteiger partial charge in [-0.3, -0.25) is 4.72 Å². The molecule has 0 atom stereocenters. The van der Waals surface area contributed by atoms with Gasteiger partial charge in [-0.15, -0.1) is 11.3 Å². The molecule has 2 N–H and O–H groups in total. The van der Waals surface area contributed by atoms with E-state index in [1.807, 2.05) is 0 Å². The molecule has 4 nitrogen and oxygen atoms in total. The minimum absolute atomic E-state index is 0.0397. The molecule has 0 spiro atoms. The minimum atomic E-state index is -3.82. The summed E-state index contributed by atoms with van der Waals surface area (Å²) in [5.74, 6) is 4.28. The quantitative estimate of drug-likeness (QED) is 0.840. The van der Waals surface area contributed by atoms with Crippen LogP contribution in [0.25, 0.3) is 0 Å². The van der Waals surface area contributed by atoms with Gasteiger partial charge >= 0.3 is 0 Å². The third-order valence-electron chi connectivity index (χ3n) is 2.34. The van der Waals surface area contributed by atoms with E-state index in [4.69, 9.17) is 16.7 Å². The summed E-state index contributed by atoms with van der Waals surface area (Å²) in [5.41, 5.74) is 0.261. The van der Waals surface area contributed by atoms with Gasteiger partial charge in [-0.2, -0.15) is 0 Å². The predicted molar refractivity (Wildman–Crippen MR) is 80.5 cm³/mol. The Morgan fingerprint density at radius 1 is 1.33 bits per heavy atom. The second kappa shape index (κ2) is 6.45. The van der Waals surface area contributed by atoms with Gasteiger partial charge in [0.1, 0.15) is 16.6 Å². The molecule has 0 aliphatic rings. The Bertz CT molecular complexity index is 821. The maximum absolute atomic E-state index is 13.2. The van der Waals surface area contributed by atoms with Crippen LogP contribution in [-0.4, -0.2) is 20.1 Å². The van der Waals surface area contributed by atoms with Gasteiger partial charge in [0.25, 0.3) is 10.0 Å². The summed E-state index contributed by atoms with van der Waals surface area (Å²) in [5, 5.41) is 8.68. The molecule has 0 unspecified atom stereocenters. The average Bonchev–Trinajstić information content (AvgIpc) is 2.86. The fourth-order valence-corrected chi connectivity index (χ4v) is 4.04. The van der Waals surface area contributed by atoms with Gasteiger partial charge in [-0.1, -0.05) is 23.4 Å². The predicted octanol–water partition coefficient (Wildman–Crippen LogP) is 2.69.